The van der Waals surface area contributed by atoms with Gasteiger partial charge < -0.3 is 14.6 Å². The molecule has 3 aromatic carbocycles. The minimum absolute atomic E-state index is 0.000519. The monoisotopic (exact) mass is 439 g/mol. The molecule has 4 aromatic rings. The number of para-hydroxylation sites is 2. The molecule has 0 aliphatic rings. The molecule has 0 spiro atoms. The maximum Gasteiger partial charge on any atom is 0.257 e. The Kier molecular flexibility index (Phi) is 7.20. The Labute approximate surface area is 194 Å². The number of hydrogen-bond donors (Lipinski definition) is 1. The van der Waals surface area contributed by atoms with Gasteiger partial charge in [-0.05, 0) is 48.7 Å². The quantitative estimate of drug-likeness (QED) is 0.395. The van der Waals surface area contributed by atoms with Crippen LogP contribution in [0.5, 0.6) is 5.75 Å². The average Bonchev–Trinajstić information content (AvgIpc) is 3.18. The Balaban J connectivity index is 1.37. The van der Waals surface area contributed by atoms with Crippen molar-refractivity contribution in [3.63, 3.8) is 0 Å². The predicted molar refractivity (Wildman–Crippen MR) is 133 cm³/mol. The molecular weight excluding hydrogens is 410 g/mol. The average molecular weight is 440 g/mol. The van der Waals surface area contributed by atoms with Gasteiger partial charge in [-0.1, -0.05) is 66.7 Å². The summed E-state index contributed by atoms with van der Waals surface area (Å²) in [4.78, 5) is 17.1. The summed E-state index contributed by atoms with van der Waals surface area (Å²) < 4.78 is 7.91. The van der Waals surface area contributed by atoms with Crippen LogP contribution in [0.25, 0.3) is 17.1 Å². The van der Waals surface area contributed by atoms with E-state index in [4.69, 9.17) is 9.72 Å². The minimum atomic E-state index is -0.137. The van der Waals surface area contributed by atoms with Crippen LogP contribution in [0.2, 0.25) is 0 Å². The summed E-state index contributed by atoms with van der Waals surface area (Å²) in [6.45, 7) is 5.20. The molecule has 0 aliphatic carbocycles. The maximum absolute atomic E-state index is 12.3. The molecule has 0 saturated carbocycles. The number of carbonyl (C=O) groups is 1. The molecule has 1 N–H and O–H groups in total. The number of aromatic nitrogens is 2. The van der Waals surface area contributed by atoms with Gasteiger partial charge in [0.15, 0.2) is 6.61 Å². The summed E-state index contributed by atoms with van der Waals surface area (Å²) >= 11 is 0. The van der Waals surface area contributed by atoms with E-state index in [2.05, 4.69) is 40.2 Å². The second-order valence-electron chi connectivity index (χ2n) is 8.10. The molecule has 0 unspecified atom stereocenters. The van der Waals surface area contributed by atoms with Gasteiger partial charge >= 0.3 is 0 Å². The first-order valence-electron chi connectivity index (χ1n) is 11.2. The number of hydrogen-bond acceptors (Lipinski definition) is 3. The topological polar surface area (TPSA) is 56.1 Å². The summed E-state index contributed by atoms with van der Waals surface area (Å²) in [5.74, 6) is 1.56. The van der Waals surface area contributed by atoms with E-state index >= 15 is 0 Å². The highest BCUT2D eigenvalue weighted by molar-refractivity contribution is 5.78. The lowest BCUT2D eigenvalue weighted by molar-refractivity contribution is -0.123. The number of allylic oxidation sites excluding steroid dienone is 1. The lowest BCUT2D eigenvalue weighted by Gasteiger charge is -2.11. The number of rotatable bonds is 9. The van der Waals surface area contributed by atoms with Crippen molar-refractivity contribution in [2.75, 3.05) is 13.2 Å². The molecule has 0 radical (unpaired) electrons. The van der Waals surface area contributed by atoms with Crippen LogP contribution in [0.3, 0.4) is 0 Å². The van der Waals surface area contributed by atoms with Gasteiger partial charge in [0.2, 0.25) is 0 Å². The SMILES string of the molecule is Cc1ccc(C)c(OCC(=O)NCCc2nc3ccccc3n2C/C=C/c2ccccc2)c1. The number of carbonyl (C=O) groups excluding carboxylic acids is 1. The van der Waals surface area contributed by atoms with Crippen molar-refractivity contribution in [1.82, 2.24) is 14.9 Å². The van der Waals surface area contributed by atoms with Crippen molar-refractivity contribution in [3.05, 3.63) is 101 Å². The molecule has 0 fully saturated rings. The van der Waals surface area contributed by atoms with Gasteiger partial charge in [-0.2, -0.15) is 0 Å². The van der Waals surface area contributed by atoms with E-state index in [0.29, 0.717) is 19.5 Å². The van der Waals surface area contributed by atoms with Crippen molar-refractivity contribution in [2.45, 2.75) is 26.8 Å². The Bertz CT molecular complexity index is 1260. The first-order valence-corrected chi connectivity index (χ1v) is 11.2. The zero-order valence-corrected chi connectivity index (χ0v) is 19.1. The van der Waals surface area contributed by atoms with Crippen LogP contribution in [0.4, 0.5) is 0 Å². The third kappa shape index (κ3) is 5.89. The van der Waals surface area contributed by atoms with Crippen molar-refractivity contribution in [2.24, 2.45) is 0 Å². The Morgan fingerprint density at radius 1 is 1.03 bits per heavy atom. The molecule has 1 amide bonds. The molecule has 1 heterocycles. The summed E-state index contributed by atoms with van der Waals surface area (Å²) in [6.07, 6.45) is 4.90. The molecule has 1 aromatic heterocycles. The number of amides is 1. The number of fused-ring (bicyclic) bond motifs is 1. The van der Waals surface area contributed by atoms with Gasteiger partial charge in [0, 0.05) is 19.5 Å². The molecule has 0 bridgehead atoms. The Morgan fingerprint density at radius 3 is 2.67 bits per heavy atom. The number of nitrogens with one attached hydrogen (secondary N) is 1. The van der Waals surface area contributed by atoms with Crippen LogP contribution in [-0.4, -0.2) is 28.6 Å². The molecular formula is C28H29N3O2. The number of benzene rings is 3. The molecule has 4 rings (SSSR count). The van der Waals surface area contributed by atoms with Crippen molar-refractivity contribution in [3.8, 4) is 5.75 Å². The van der Waals surface area contributed by atoms with Crippen LogP contribution in [-0.2, 0) is 17.8 Å². The van der Waals surface area contributed by atoms with E-state index in [1.54, 1.807) is 0 Å². The van der Waals surface area contributed by atoms with E-state index in [1.165, 1.54) is 5.56 Å². The number of nitrogens with zero attached hydrogens (tertiary/aromatic N) is 2. The molecule has 168 valence electrons. The van der Waals surface area contributed by atoms with Crippen LogP contribution in [0.1, 0.15) is 22.5 Å². The highest BCUT2D eigenvalue weighted by Crippen LogP contribution is 2.19. The van der Waals surface area contributed by atoms with Gasteiger partial charge in [-0.3, -0.25) is 4.79 Å². The van der Waals surface area contributed by atoms with Gasteiger partial charge in [-0.25, -0.2) is 4.98 Å². The van der Waals surface area contributed by atoms with E-state index in [1.807, 2.05) is 68.4 Å². The third-order valence-electron chi connectivity index (χ3n) is 5.50. The zero-order valence-electron chi connectivity index (χ0n) is 19.1. The van der Waals surface area contributed by atoms with E-state index < -0.39 is 0 Å². The van der Waals surface area contributed by atoms with E-state index in [9.17, 15) is 4.79 Å². The lowest BCUT2D eigenvalue weighted by Crippen LogP contribution is -2.31. The molecule has 0 aliphatic heterocycles. The van der Waals surface area contributed by atoms with Crippen molar-refractivity contribution < 1.29 is 9.53 Å². The predicted octanol–water partition coefficient (Wildman–Crippen LogP) is 5.10. The molecule has 33 heavy (non-hydrogen) atoms. The normalized spacial score (nSPS) is 11.2. The Hall–Kier alpha value is -3.86. The zero-order chi connectivity index (χ0) is 23.0. The molecule has 5 heteroatoms. The summed E-state index contributed by atoms with van der Waals surface area (Å²) in [7, 11) is 0. The second kappa shape index (κ2) is 10.6. The summed E-state index contributed by atoms with van der Waals surface area (Å²) in [5.41, 5.74) is 5.35. The fourth-order valence-electron chi connectivity index (χ4n) is 3.75. The van der Waals surface area contributed by atoms with Gasteiger partial charge in [0.05, 0.1) is 11.0 Å². The number of ether oxygens (including phenoxy) is 1. The largest absolute Gasteiger partial charge is 0.483 e. The van der Waals surface area contributed by atoms with Gasteiger partial charge in [-0.15, -0.1) is 0 Å². The van der Waals surface area contributed by atoms with E-state index in [0.717, 1.165) is 33.7 Å². The smallest absolute Gasteiger partial charge is 0.257 e. The fraction of sp³-hybridized carbons (Fsp3) is 0.214. The van der Waals surface area contributed by atoms with Gasteiger partial charge in [0.25, 0.3) is 5.91 Å². The Morgan fingerprint density at radius 2 is 1.82 bits per heavy atom. The van der Waals surface area contributed by atoms with Gasteiger partial charge in [0.1, 0.15) is 11.6 Å². The molecule has 0 atom stereocenters. The molecule has 0 saturated heterocycles. The summed E-state index contributed by atoms with van der Waals surface area (Å²) in [6, 6.07) is 24.4. The van der Waals surface area contributed by atoms with Crippen molar-refractivity contribution >= 4 is 23.0 Å². The van der Waals surface area contributed by atoms with Crippen LogP contribution in [0.15, 0.2) is 78.9 Å². The number of imidazole rings is 1. The standard InChI is InChI=1S/C28H29N3O2/c1-21-14-15-22(2)26(19-21)33-20-28(32)29-17-16-27-30-24-12-6-7-13-25(24)31(27)18-8-11-23-9-4-3-5-10-23/h3-15,19H,16-18,20H2,1-2H3,(H,29,32)/b11-8+. The van der Waals surface area contributed by atoms with Crippen molar-refractivity contribution in [1.29, 1.82) is 0 Å². The highest BCUT2D eigenvalue weighted by atomic mass is 16.5. The van der Waals surface area contributed by atoms with Crippen LogP contribution < -0.4 is 10.1 Å². The van der Waals surface area contributed by atoms with Crippen LogP contribution in [0, 0.1) is 13.8 Å². The number of aryl methyl sites for hydroxylation is 2. The third-order valence-corrected chi connectivity index (χ3v) is 5.50. The molecule has 5 nitrogen and oxygen atoms in total. The minimum Gasteiger partial charge on any atom is -0.483 e. The lowest BCUT2D eigenvalue weighted by atomic mass is 10.1. The van der Waals surface area contributed by atoms with E-state index in [-0.39, 0.29) is 12.5 Å². The second-order valence-corrected chi connectivity index (χ2v) is 8.10. The first kappa shape index (κ1) is 22.3. The highest BCUT2D eigenvalue weighted by Gasteiger charge is 2.10. The first-order chi connectivity index (χ1) is 16.1. The van der Waals surface area contributed by atoms with Crippen LogP contribution >= 0.6 is 0 Å². The maximum atomic E-state index is 12.3. The fourth-order valence-corrected chi connectivity index (χ4v) is 3.75. The summed E-state index contributed by atoms with van der Waals surface area (Å²) in [5, 5.41) is 2.95.